The van der Waals surface area contributed by atoms with Gasteiger partial charge in [-0.1, -0.05) is 76.5 Å². The molecule has 0 aliphatic carbocycles. The molecule has 1 aliphatic rings. The molecule has 0 unspecified atom stereocenters. The first-order chi connectivity index (χ1) is 18.2. The molecule has 4 nitrogen and oxygen atoms in total. The molecule has 194 valence electrons. The van der Waals surface area contributed by atoms with Crippen LogP contribution >= 0.6 is 11.8 Å². The number of unbranched alkanes of at least 4 members (excludes halogenated alkanes) is 9. The summed E-state index contributed by atoms with van der Waals surface area (Å²) in [6.07, 6.45) is 14.9. The summed E-state index contributed by atoms with van der Waals surface area (Å²) in [6.45, 7) is 3.01. The van der Waals surface area contributed by atoms with Crippen LogP contribution in [0, 0.1) is 0 Å². The van der Waals surface area contributed by atoms with Crippen molar-refractivity contribution in [2.75, 3.05) is 11.5 Å². The molecule has 0 spiro atoms. The molecule has 3 aromatic rings. The lowest BCUT2D eigenvalue weighted by Crippen LogP contribution is -2.15. The van der Waals surface area contributed by atoms with Crippen LogP contribution in [0.1, 0.15) is 91.8 Å². The van der Waals surface area contributed by atoms with Gasteiger partial charge in [0.25, 0.3) is 0 Å². The molecular weight excluding hydrogens is 478 g/mol. The van der Waals surface area contributed by atoms with Gasteiger partial charge in [-0.05, 0) is 67.1 Å². The molecule has 1 heterocycles. The quantitative estimate of drug-likeness (QED) is 0.116. The highest BCUT2D eigenvalue weighted by atomic mass is 32.2. The summed E-state index contributed by atoms with van der Waals surface area (Å²) in [5.74, 6) is 0.874. The summed E-state index contributed by atoms with van der Waals surface area (Å²) in [7, 11) is 0. The van der Waals surface area contributed by atoms with Gasteiger partial charge in [-0.3, -0.25) is 9.59 Å². The van der Waals surface area contributed by atoms with Crippen LogP contribution in [-0.2, 0) is 0 Å². The third-order valence-electron chi connectivity index (χ3n) is 6.80. The van der Waals surface area contributed by atoms with E-state index in [4.69, 9.17) is 4.74 Å². The molecule has 0 atom stereocenters. The zero-order valence-electron chi connectivity index (χ0n) is 21.8. The van der Waals surface area contributed by atoms with Gasteiger partial charge in [0.2, 0.25) is 0 Å². The largest absolute Gasteiger partial charge is 0.494 e. The van der Waals surface area contributed by atoms with Crippen molar-refractivity contribution in [3.63, 3.8) is 0 Å². The Bertz CT molecular complexity index is 1120. The van der Waals surface area contributed by atoms with E-state index in [0.29, 0.717) is 11.1 Å². The van der Waals surface area contributed by atoms with Crippen LogP contribution in [0.25, 0.3) is 0 Å². The molecule has 0 radical (unpaired) electrons. The molecule has 37 heavy (non-hydrogen) atoms. The van der Waals surface area contributed by atoms with Crippen molar-refractivity contribution in [2.45, 2.75) is 80.9 Å². The number of benzene rings is 3. The molecule has 1 aliphatic heterocycles. The van der Waals surface area contributed by atoms with Crippen LogP contribution < -0.4 is 9.64 Å². The van der Waals surface area contributed by atoms with Crippen molar-refractivity contribution in [1.82, 2.24) is 0 Å². The van der Waals surface area contributed by atoms with E-state index < -0.39 is 0 Å². The topological polar surface area (TPSA) is 46.6 Å². The van der Waals surface area contributed by atoms with Gasteiger partial charge in [-0.25, -0.2) is 0 Å². The minimum atomic E-state index is 0.636. The van der Waals surface area contributed by atoms with E-state index in [2.05, 4.69) is 24.0 Å². The van der Waals surface area contributed by atoms with E-state index in [-0.39, 0.29) is 0 Å². The predicted octanol–water partition coefficient (Wildman–Crippen LogP) is 9.55. The Morgan fingerprint density at radius 1 is 0.676 bits per heavy atom. The second kappa shape index (κ2) is 14.0. The summed E-state index contributed by atoms with van der Waals surface area (Å²) in [5.41, 5.74) is 4.31. The normalized spacial score (nSPS) is 12.1. The number of aldehydes is 2. The number of nitrogens with zero attached hydrogens (tertiary/aromatic N) is 1. The lowest BCUT2D eigenvalue weighted by molar-refractivity contribution is 0.111. The fourth-order valence-electron chi connectivity index (χ4n) is 4.74. The molecule has 0 N–H and O–H groups in total. The van der Waals surface area contributed by atoms with Gasteiger partial charge >= 0.3 is 0 Å². The molecule has 4 rings (SSSR count). The van der Waals surface area contributed by atoms with Crippen molar-refractivity contribution in [3.8, 4) is 5.75 Å². The van der Waals surface area contributed by atoms with Crippen molar-refractivity contribution in [2.24, 2.45) is 0 Å². The van der Waals surface area contributed by atoms with Crippen LogP contribution in [0.15, 0.2) is 70.5 Å². The van der Waals surface area contributed by atoms with Crippen molar-refractivity contribution in [1.29, 1.82) is 0 Å². The van der Waals surface area contributed by atoms with Gasteiger partial charge in [-0.2, -0.15) is 0 Å². The zero-order chi connectivity index (χ0) is 25.9. The first-order valence-electron chi connectivity index (χ1n) is 13.6. The number of rotatable bonds is 15. The monoisotopic (exact) mass is 515 g/mol. The average molecular weight is 516 g/mol. The second-order valence-corrected chi connectivity index (χ2v) is 10.7. The van der Waals surface area contributed by atoms with Gasteiger partial charge in [0, 0.05) is 26.6 Å². The molecular formula is C32H37NO3S. The van der Waals surface area contributed by atoms with Gasteiger partial charge in [0.15, 0.2) is 0 Å². The zero-order valence-corrected chi connectivity index (χ0v) is 22.6. The molecule has 0 saturated heterocycles. The van der Waals surface area contributed by atoms with Crippen LogP contribution in [0.4, 0.5) is 17.1 Å². The van der Waals surface area contributed by atoms with Crippen molar-refractivity contribution < 1.29 is 14.3 Å². The van der Waals surface area contributed by atoms with Gasteiger partial charge in [0.1, 0.15) is 18.3 Å². The van der Waals surface area contributed by atoms with Gasteiger partial charge < -0.3 is 9.64 Å². The SMILES string of the molecule is CCCCCCCCCCCCOc1ccc(N2c3ccc(C=O)cc3Sc3cc(C=O)ccc32)cc1. The van der Waals surface area contributed by atoms with E-state index in [1.165, 1.54) is 57.8 Å². The first kappa shape index (κ1) is 27.0. The third-order valence-corrected chi connectivity index (χ3v) is 7.90. The number of anilines is 3. The number of carbonyl (C=O) groups is 2. The predicted molar refractivity (Wildman–Crippen MR) is 153 cm³/mol. The number of fused-ring (bicyclic) bond motifs is 2. The maximum absolute atomic E-state index is 11.4. The Morgan fingerprint density at radius 2 is 1.19 bits per heavy atom. The molecule has 0 amide bonds. The fraction of sp³-hybridized carbons (Fsp3) is 0.375. The number of hydrogen-bond acceptors (Lipinski definition) is 5. The van der Waals surface area contributed by atoms with Crippen LogP contribution in [0.2, 0.25) is 0 Å². The Hall–Kier alpha value is -3.05. The Kier molecular flexibility index (Phi) is 10.2. The molecule has 0 aromatic heterocycles. The summed E-state index contributed by atoms with van der Waals surface area (Å²) < 4.78 is 6.02. The van der Waals surface area contributed by atoms with Crippen molar-refractivity contribution >= 4 is 41.4 Å². The lowest BCUT2D eigenvalue weighted by Gasteiger charge is -2.33. The summed E-state index contributed by atoms with van der Waals surface area (Å²) >= 11 is 1.58. The van der Waals surface area contributed by atoms with Gasteiger partial charge in [-0.15, -0.1) is 0 Å². The molecule has 0 saturated carbocycles. The second-order valence-electron chi connectivity index (χ2n) is 9.65. The average Bonchev–Trinajstić information content (AvgIpc) is 2.94. The number of ether oxygens (including phenoxy) is 1. The fourth-order valence-corrected chi connectivity index (χ4v) is 5.89. The highest BCUT2D eigenvalue weighted by molar-refractivity contribution is 7.99. The van der Waals surface area contributed by atoms with E-state index in [1.807, 2.05) is 48.5 Å². The number of hydrogen-bond donors (Lipinski definition) is 0. The standard InChI is InChI=1S/C32H37NO3S/c1-2-3-4-5-6-7-8-9-10-11-20-36-28-16-14-27(15-17-28)33-29-18-12-25(23-34)21-31(29)37-32-22-26(24-35)13-19-30(32)33/h12-19,21-24H,2-11,20H2,1H3. The van der Waals surface area contributed by atoms with Crippen molar-refractivity contribution in [3.05, 3.63) is 71.8 Å². The van der Waals surface area contributed by atoms with E-state index in [1.54, 1.807) is 11.8 Å². The highest BCUT2D eigenvalue weighted by Gasteiger charge is 2.25. The summed E-state index contributed by atoms with van der Waals surface area (Å²) in [5, 5.41) is 0. The van der Waals surface area contributed by atoms with Crippen LogP contribution in [-0.4, -0.2) is 19.2 Å². The van der Waals surface area contributed by atoms with Crippen LogP contribution in [0.3, 0.4) is 0 Å². The summed E-state index contributed by atoms with van der Waals surface area (Å²) in [6, 6.07) is 19.6. The Balaban J connectivity index is 1.34. The molecule has 5 heteroatoms. The maximum Gasteiger partial charge on any atom is 0.150 e. The minimum Gasteiger partial charge on any atom is -0.494 e. The van der Waals surface area contributed by atoms with E-state index >= 15 is 0 Å². The third kappa shape index (κ3) is 7.26. The molecule has 0 fully saturated rings. The minimum absolute atomic E-state index is 0.636. The molecule has 3 aromatic carbocycles. The first-order valence-corrected chi connectivity index (χ1v) is 14.4. The van der Waals surface area contributed by atoms with Crippen LogP contribution in [0.5, 0.6) is 5.75 Å². The smallest absolute Gasteiger partial charge is 0.150 e. The number of carbonyl (C=O) groups excluding carboxylic acids is 2. The lowest BCUT2D eigenvalue weighted by atomic mass is 10.1. The maximum atomic E-state index is 11.4. The Labute approximate surface area is 225 Å². The summed E-state index contributed by atoms with van der Waals surface area (Å²) in [4.78, 5) is 26.9. The van der Waals surface area contributed by atoms with Gasteiger partial charge in [0.05, 0.1) is 18.0 Å². The Morgan fingerprint density at radius 3 is 1.70 bits per heavy atom. The van der Waals surface area contributed by atoms with E-state index in [0.717, 1.165) is 58.2 Å². The highest BCUT2D eigenvalue weighted by Crippen LogP contribution is 2.51. The van der Waals surface area contributed by atoms with E-state index in [9.17, 15) is 9.59 Å². The molecule has 0 bridgehead atoms.